The molecule has 0 aromatic heterocycles. The van der Waals surface area contributed by atoms with Crippen molar-refractivity contribution in [3.8, 4) is 0 Å². The molecule has 1 saturated heterocycles. The van der Waals surface area contributed by atoms with Crippen LogP contribution in [0.25, 0.3) is 0 Å². The van der Waals surface area contributed by atoms with Gasteiger partial charge in [0.05, 0.1) is 0 Å². The minimum Gasteiger partial charge on any atom is -0.480 e. The first-order valence-corrected chi connectivity index (χ1v) is 6.05. The summed E-state index contributed by atoms with van der Waals surface area (Å²) in [5.41, 5.74) is 0. The molecule has 0 aromatic rings. The maximum absolute atomic E-state index is 11.9. The third-order valence-electron chi connectivity index (χ3n) is 3.26. The number of nitrogens with one attached hydrogen (secondary N) is 1. The third-order valence-corrected chi connectivity index (χ3v) is 3.26. The number of rotatable bonds is 4. The average molecular weight is 259 g/mol. The smallest absolute Gasteiger partial charge is 0.326 e. The number of aliphatic hydroxyl groups excluding tert-OH is 1. The molecule has 0 aromatic carbocycles. The number of aliphatic carboxylic acids is 1. The fourth-order valence-corrected chi connectivity index (χ4v) is 1.86. The van der Waals surface area contributed by atoms with Gasteiger partial charge in [-0.1, -0.05) is 0 Å². The molecule has 18 heavy (non-hydrogen) atoms. The first-order valence-electron chi connectivity index (χ1n) is 6.05. The lowest BCUT2D eigenvalue weighted by atomic mass is 10.2. The molecule has 3 N–H and O–H groups in total. The van der Waals surface area contributed by atoms with Crippen molar-refractivity contribution in [1.29, 1.82) is 0 Å². The van der Waals surface area contributed by atoms with E-state index in [-0.39, 0.29) is 25.1 Å². The highest BCUT2D eigenvalue weighted by Gasteiger charge is 2.27. The number of aliphatic hydroxyl groups is 1. The van der Waals surface area contributed by atoms with Gasteiger partial charge in [0.2, 0.25) is 0 Å². The molecule has 0 saturated carbocycles. The van der Waals surface area contributed by atoms with Gasteiger partial charge in [-0.15, -0.1) is 0 Å². The lowest BCUT2D eigenvalue weighted by molar-refractivity contribution is -0.139. The SMILES string of the molecule is CC1CN(C(=O)N[C@H](CCO)C(=O)O)CCN1C. The highest BCUT2D eigenvalue weighted by molar-refractivity contribution is 5.82. The summed E-state index contributed by atoms with van der Waals surface area (Å²) in [6.07, 6.45) is 0.0182. The molecule has 7 heteroatoms. The van der Waals surface area contributed by atoms with Crippen LogP contribution in [-0.2, 0) is 4.79 Å². The number of carboxylic acid groups (broad SMARTS) is 1. The molecule has 0 radical (unpaired) electrons. The van der Waals surface area contributed by atoms with Crippen molar-refractivity contribution in [3.63, 3.8) is 0 Å². The number of hydrogen-bond acceptors (Lipinski definition) is 4. The number of amides is 2. The molecule has 1 aliphatic heterocycles. The van der Waals surface area contributed by atoms with Crippen LogP contribution in [0.15, 0.2) is 0 Å². The highest BCUT2D eigenvalue weighted by Crippen LogP contribution is 2.07. The standard InChI is InChI=1S/C11H21N3O4/c1-8-7-14(5-4-13(8)2)11(18)12-9(3-6-15)10(16)17/h8-9,15H,3-7H2,1-2H3,(H,12,18)(H,16,17)/t8?,9-/m1/s1. The Hall–Kier alpha value is -1.34. The number of carbonyl (C=O) groups excluding carboxylic acids is 1. The van der Waals surface area contributed by atoms with E-state index in [0.717, 1.165) is 6.54 Å². The molecular weight excluding hydrogens is 238 g/mol. The number of urea groups is 1. The lowest BCUT2D eigenvalue weighted by Crippen LogP contribution is -2.56. The molecule has 2 amide bonds. The highest BCUT2D eigenvalue weighted by atomic mass is 16.4. The number of piperazine rings is 1. The number of hydrogen-bond donors (Lipinski definition) is 3. The quantitative estimate of drug-likeness (QED) is 0.612. The zero-order chi connectivity index (χ0) is 13.7. The molecule has 1 heterocycles. The van der Waals surface area contributed by atoms with Crippen LogP contribution in [0.3, 0.4) is 0 Å². The van der Waals surface area contributed by atoms with Gasteiger partial charge >= 0.3 is 12.0 Å². The predicted molar refractivity (Wildman–Crippen MR) is 65.3 cm³/mol. The Labute approximate surface area is 106 Å². The first kappa shape index (κ1) is 14.7. The monoisotopic (exact) mass is 259 g/mol. The largest absolute Gasteiger partial charge is 0.480 e. The average Bonchev–Trinajstić information content (AvgIpc) is 2.31. The summed E-state index contributed by atoms with van der Waals surface area (Å²) >= 11 is 0. The van der Waals surface area contributed by atoms with Crippen molar-refractivity contribution < 1.29 is 19.8 Å². The van der Waals surface area contributed by atoms with Gasteiger partial charge in [-0.05, 0) is 14.0 Å². The maximum Gasteiger partial charge on any atom is 0.326 e. The van der Waals surface area contributed by atoms with Gasteiger partial charge in [0.1, 0.15) is 6.04 Å². The van der Waals surface area contributed by atoms with E-state index in [2.05, 4.69) is 10.2 Å². The summed E-state index contributed by atoms with van der Waals surface area (Å²) in [6.45, 7) is 3.68. The summed E-state index contributed by atoms with van der Waals surface area (Å²) in [5, 5.41) is 20.1. The van der Waals surface area contributed by atoms with Crippen molar-refractivity contribution in [2.75, 3.05) is 33.3 Å². The van der Waals surface area contributed by atoms with E-state index in [1.807, 2.05) is 14.0 Å². The predicted octanol–water partition coefficient (Wildman–Crippen LogP) is -0.832. The van der Waals surface area contributed by atoms with Crippen LogP contribution < -0.4 is 5.32 Å². The Morgan fingerprint density at radius 2 is 2.11 bits per heavy atom. The van der Waals surface area contributed by atoms with Crippen molar-refractivity contribution >= 4 is 12.0 Å². The fourth-order valence-electron chi connectivity index (χ4n) is 1.86. The van der Waals surface area contributed by atoms with Gasteiger partial charge in [0, 0.05) is 38.7 Å². The molecule has 1 aliphatic rings. The van der Waals surface area contributed by atoms with Gasteiger partial charge < -0.3 is 25.3 Å². The van der Waals surface area contributed by atoms with Crippen molar-refractivity contribution in [2.45, 2.75) is 25.4 Å². The van der Waals surface area contributed by atoms with Gasteiger partial charge in [-0.25, -0.2) is 9.59 Å². The molecule has 0 bridgehead atoms. The summed E-state index contributed by atoms with van der Waals surface area (Å²) in [7, 11) is 1.99. The van der Waals surface area contributed by atoms with E-state index in [0.29, 0.717) is 13.1 Å². The molecular formula is C11H21N3O4. The van der Waals surface area contributed by atoms with Crippen molar-refractivity contribution in [3.05, 3.63) is 0 Å². The molecule has 1 unspecified atom stereocenters. The summed E-state index contributed by atoms with van der Waals surface area (Å²) in [5.74, 6) is -1.13. The Balaban J connectivity index is 2.51. The van der Waals surface area contributed by atoms with Gasteiger partial charge in [-0.2, -0.15) is 0 Å². The summed E-state index contributed by atoms with van der Waals surface area (Å²) < 4.78 is 0. The number of nitrogens with zero attached hydrogens (tertiary/aromatic N) is 2. The van der Waals surface area contributed by atoms with Crippen LogP contribution in [0, 0.1) is 0 Å². The topological polar surface area (TPSA) is 93.1 Å². The van der Waals surface area contributed by atoms with Crippen LogP contribution in [0.4, 0.5) is 4.79 Å². The first-order chi connectivity index (χ1) is 8.45. The van der Waals surface area contributed by atoms with Crippen LogP contribution in [0.5, 0.6) is 0 Å². The van der Waals surface area contributed by atoms with E-state index in [1.165, 1.54) is 0 Å². The van der Waals surface area contributed by atoms with Gasteiger partial charge in [-0.3, -0.25) is 0 Å². The zero-order valence-electron chi connectivity index (χ0n) is 10.8. The molecule has 2 atom stereocenters. The normalized spacial score (nSPS) is 22.6. The van der Waals surface area contributed by atoms with Crippen molar-refractivity contribution in [2.24, 2.45) is 0 Å². The second-order valence-electron chi connectivity index (χ2n) is 4.63. The van der Waals surface area contributed by atoms with Crippen LogP contribution in [0.2, 0.25) is 0 Å². The second-order valence-corrected chi connectivity index (χ2v) is 4.63. The van der Waals surface area contributed by atoms with E-state index in [9.17, 15) is 9.59 Å². The van der Waals surface area contributed by atoms with E-state index in [4.69, 9.17) is 10.2 Å². The summed E-state index contributed by atoms with van der Waals surface area (Å²) in [6, 6.07) is -1.15. The number of carbonyl (C=O) groups is 2. The molecule has 104 valence electrons. The van der Waals surface area contributed by atoms with Crippen LogP contribution in [0.1, 0.15) is 13.3 Å². The third kappa shape index (κ3) is 3.85. The zero-order valence-corrected chi connectivity index (χ0v) is 10.8. The maximum atomic E-state index is 11.9. The van der Waals surface area contributed by atoms with Crippen LogP contribution >= 0.6 is 0 Å². The molecule has 7 nitrogen and oxygen atoms in total. The van der Waals surface area contributed by atoms with E-state index in [1.54, 1.807) is 4.90 Å². The van der Waals surface area contributed by atoms with Crippen LogP contribution in [-0.4, -0.2) is 77.4 Å². The summed E-state index contributed by atoms with van der Waals surface area (Å²) in [4.78, 5) is 26.5. The Morgan fingerprint density at radius 1 is 1.44 bits per heavy atom. The number of likely N-dealkylation sites (N-methyl/N-ethyl adjacent to an activating group) is 1. The minimum atomic E-state index is -1.13. The molecule has 1 rings (SSSR count). The van der Waals surface area contributed by atoms with Crippen molar-refractivity contribution in [1.82, 2.24) is 15.1 Å². The van der Waals surface area contributed by atoms with E-state index >= 15 is 0 Å². The Bertz CT molecular complexity index is 311. The molecule has 0 aliphatic carbocycles. The fraction of sp³-hybridized carbons (Fsp3) is 0.818. The Kier molecular flexibility index (Phi) is 5.36. The van der Waals surface area contributed by atoms with Gasteiger partial charge in [0.15, 0.2) is 0 Å². The number of carboxylic acids is 1. The lowest BCUT2D eigenvalue weighted by Gasteiger charge is -2.37. The Morgan fingerprint density at radius 3 is 2.61 bits per heavy atom. The minimum absolute atomic E-state index is 0.0182. The van der Waals surface area contributed by atoms with Gasteiger partial charge in [0.25, 0.3) is 0 Å². The molecule has 1 fully saturated rings. The molecule has 0 spiro atoms. The second kappa shape index (κ2) is 6.55. The van der Waals surface area contributed by atoms with E-state index < -0.39 is 12.0 Å².